The fourth-order valence-corrected chi connectivity index (χ4v) is 1.57. The Balaban J connectivity index is 2.64. The summed E-state index contributed by atoms with van der Waals surface area (Å²) in [6.07, 6.45) is 0.814. The van der Waals surface area contributed by atoms with E-state index in [2.05, 4.69) is 10.1 Å². The van der Waals surface area contributed by atoms with Crippen molar-refractivity contribution in [2.24, 2.45) is 0 Å². The van der Waals surface area contributed by atoms with E-state index in [1.165, 1.54) is 19.2 Å². The molecule has 1 aromatic carbocycles. The topological polar surface area (TPSA) is 90.6 Å². The average Bonchev–Trinajstić information content (AvgIpc) is 2.44. The van der Waals surface area contributed by atoms with Crippen molar-refractivity contribution in [2.75, 3.05) is 19.5 Å². The van der Waals surface area contributed by atoms with E-state index in [4.69, 9.17) is 10.5 Å². The van der Waals surface area contributed by atoms with Crippen LogP contribution in [0.15, 0.2) is 18.2 Å². The van der Waals surface area contributed by atoms with Crippen molar-refractivity contribution < 1.29 is 19.1 Å². The van der Waals surface area contributed by atoms with E-state index in [0.717, 1.165) is 6.42 Å². The zero-order valence-electron chi connectivity index (χ0n) is 12.9. The largest absolute Gasteiger partial charge is 0.482 e. The summed E-state index contributed by atoms with van der Waals surface area (Å²) >= 11 is 0. The van der Waals surface area contributed by atoms with Gasteiger partial charge in [0.05, 0.1) is 18.4 Å². The van der Waals surface area contributed by atoms with Gasteiger partial charge in [0.1, 0.15) is 5.75 Å². The van der Waals surface area contributed by atoms with Crippen LogP contribution in [-0.4, -0.2) is 31.1 Å². The van der Waals surface area contributed by atoms with Crippen LogP contribution >= 0.6 is 0 Å². The van der Waals surface area contributed by atoms with Gasteiger partial charge < -0.3 is 20.5 Å². The summed E-state index contributed by atoms with van der Waals surface area (Å²) in [5.74, 6) is -0.346. The molecule has 0 spiro atoms. The van der Waals surface area contributed by atoms with E-state index in [-0.39, 0.29) is 23.7 Å². The van der Waals surface area contributed by atoms with E-state index in [9.17, 15) is 9.59 Å². The minimum atomic E-state index is -0.476. The van der Waals surface area contributed by atoms with Gasteiger partial charge in [-0.2, -0.15) is 0 Å². The van der Waals surface area contributed by atoms with Gasteiger partial charge in [-0.25, -0.2) is 4.79 Å². The monoisotopic (exact) mass is 294 g/mol. The maximum atomic E-state index is 11.8. The van der Waals surface area contributed by atoms with Crippen LogP contribution in [-0.2, 0) is 9.53 Å². The smallest absolute Gasteiger partial charge is 0.337 e. The van der Waals surface area contributed by atoms with Crippen LogP contribution in [0.5, 0.6) is 5.75 Å². The van der Waals surface area contributed by atoms with E-state index in [0.29, 0.717) is 11.3 Å². The van der Waals surface area contributed by atoms with Crippen molar-refractivity contribution in [3.63, 3.8) is 0 Å². The molecule has 0 aliphatic carbocycles. The Kier molecular flexibility index (Phi) is 5.58. The fourth-order valence-electron chi connectivity index (χ4n) is 1.57. The molecule has 0 saturated carbocycles. The van der Waals surface area contributed by atoms with Crippen LogP contribution in [0.1, 0.15) is 37.6 Å². The summed E-state index contributed by atoms with van der Waals surface area (Å²) in [5, 5.41) is 2.86. The van der Waals surface area contributed by atoms with Gasteiger partial charge in [0, 0.05) is 5.54 Å². The third-order valence-corrected chi connectivity index (χ3v) is 3.15. The van der Waals surface area contributed by atoms with Crippen LogP contribution in [0, 0.1) is 0 Å². The van der Waals surface area contributed by atoms with Gasteiger partial charge in [0.2, 0.25) is 0 Å². The maximum Gasteiger partial charge on any atom is 0.337 e. The molecule has 1 rings (SSSR count). The number of carbonyl (C=O) groups is 2. The Morgan fingerprint density at radius 2 is 2.00 bits per heavy atom. The number of esters is 1. The average molecular weight is 294 g/mol. The second-order valence-electron chi connectivity index (χ2n) is 5.32. The number of anilines is 1. The third-order valence-electron chi connectivity index (χ3n) is 3.15. The predicted molar refractivity (Wildman–Crippen MR) is 80.2 cm³/mol. The molecule has 0 atom stereocenters. The fraction of sp³-hybridized carbons (Fsp3) is 0.467. The summed E-state index contributed by atoms with van der Waals surface area (Å²) in [4.78, 5) is 23.1. The molecule has 3 N–H and O–H groups in total. The van der Waals surface area contributed by atoms with Gasteiger partial charge in [-0.3, -0.25) is 4.79 Å². The van der Waals surface area contributed by atoms with Gasteiger partial charge in [0.15, 0.2) is 6.61 Å². The Morgan fingerprint density at radius 3 is 2.52 bits per heavy atom. The van der Waals surface area contributed by atoms with E-state index < -0.39 is 5.97 Å². The van der Waals surface area contributed by atoms with Gasteiger partial charge in [-0.1, -0.05) is 6.92 Å². The number of hydrogen-bond acceptors (Lipinski definition) is 5. The molecule has 6 heteroatoms. The molecular formula is C15H22N2O4. The van der Waals surface area contributed by atoms with Crippen molar-refractivity contribution in [3.8, 4) is 5.75 Å². The summed E-state index contributed by atoms with van der Waals surface area (Å²) < 4.78 is 9.97. The lowest BCUT2D eigenvalue weighted by Gasteiger charge is -2.24. The number of carbonyl (C=O) groups excluding carboxylic acids is 2. The zero-order valence-corrected chi connectivity index (χ0v) is 12.9. The molecule has 1 aromatic rings. The van der Waals surface area contributed by atoms with Gasteiger partial charge in [-0.15, -0.1) is 0 Å². The number of amides is 1. The Morgan fingerprint density at radius 1 is 1.33 bits per heavy atom. The highest BCUT2D eigenvalue weighted by atomic mass is 16.5. The number of nitrogens with two attached hydrogens (primary N) is 1. The quantitative estimate of drug-likeness (QED) is 0.616. The molecule has 6 nitrogen and oxygen atoms in total. The summed E-state index contributed by atoms with van der Waals surface area (Å²) in [6.45, 7) is 5.73. The van der Waals surface area contributed by atoms with E-state index >= 15 is 0 Å². The molecular weight excluding hydrogens is 272 g/mol. The van der Waals surface area contributed by atoms with Crippen molar-refractivity contribution in [3.05, 3.63) is 23.8 Å². The molecule has 0 saturated heterocycles. The first-order chi connectivity index (χ1) is 9.79. The van der Waals surface area contributed by atoms with Crippen molar-refractivity contribution in [1.29, 1.82) is 0 Å². The van der Waals surface area contributed by atoms with Crippen LogP contribution in [0.4, 0.5) is 5.69 Å². The number of methoxy groups -OCH3 is 1. The number of hydrogen-bond donors (Lipinski definition) is 2. The van der Waals surface area contributed by atoms with Gasteiger partial charge in [0.25, 0.3) is 5.91 Å². The van der Waals surface area contributed by atoms with Crippen LogP contribution in [0.25, 0.3) is 0 Å². The van der Waals surface area contributed by atoms with Crippen molar-refractivity contribution in [2.45, 2.75) is 32.7 Å². The highest BCUT2D eigenvalue weighted by molar-refractivity contribution is 5.91. The summed E-state index contributed by atoms with van der Waals surface area (Å²) in [7, 11) is 1.29. The molecule has 0 aliphatic rings. The predicted octanol–water partition coefficient (Wildman–Crippen LogP) is 1.74. The highest BCUT2D eigenvalue weighted by Gasteiger charge is 2.18. The first-order valence-corrected chi connectivity index (χ1v) is 6.70. The molecule has 1 amide bonds. The zero-order chi connectivity index (χ0) is 16.0. The number of nitrogen functional groups attached to an aromatic ring is 1. The highest BCUT2D eigenvalue weighted by Crippen LogP contribution is 2.22. The summed E-state index contributed by atoms with van der Waals surface area (Å²) in [5.41, 5.74) is 6.12. The first kappa shape index (κ1) is 16.8. The second kappa shape index (κ2) is 6.97. The van der Waals surface area contributed by atoms with Crippen LogP contribution in [0.2, 0.25) is 0 Å². The SMILES string of the molecule is CCC(C)(C)NC(=O)COc1ccc(C(=O)OC)cc1N. The Labute approximate surface area is 124 Å². The number of benzene rings is 1. The Hall–Kier alpha value is -2.24. The van der Waals surface area contributed by atoms with Gasteiger partial charge in [-0.05, 0) is 38.5 Å². The number of ether oxygens (including phenoxy) is 2. The summed E-state index contributed by atoms with van der Waals surface area (Å²) in [6, 6.07) is 4.53. The van der Waals surface area contributed by atoms with Crippen molar-refractivity contribution >= 4 is 17.6 Å². The van der Waals surface area contributed by atoms with Crippen molar-refractivity contribution in [1.82, 2.24) is 5.32 Å². The molecule has 21 heavy (non-hydrogen) atoms. The van der Waals surface area contributed by atoms with Crippen LogP contribution in [0.3, 0.4) is 0 Å². The Bertz CT molecular complexity index is 526. The second-order valence-corrected chi connectivity index (χ2v) is 5.32. The minimum Gasteiger partial charge on any atom is -0.482 e. The molecule has 0 aliphatic heterocycles. The first-order valence-electron chi connectivity index (χ1n) is 6.70. The minimum absolute atomic E-state index is 0.134. The maximum absolute atomic E-state index is 11.8. The van der Waals surface area contributed by atoms with Crippen LogP contribution < -0.4 is 15.8 Å². The molecule has 0 aromatic heterocycles. The van der Waals surface area contributed by atoms with Gasteiger partial charge >= 0.3 is 5.97 Å². The number of rotatable bonds is 6. The molecule has 0 bridgehead atoms. The lowest BCUT2D eigenvalue weighted by molar-refractivity contribution is -0.124. The number of nitrogens with one attached hydrogen (secondary N) is 1. The normalized spacial score (nSPS) is 10.9. The van der Waals surface area contributed by atoms with E-state index in [1.807, 2.05) is 20.8 Å². The molecule has 0 radical (unpaired) electrons. The molecule has 0 heterocycles. The molecule has 0 unspecified atom stereocenters. The van der Waals surface area contributed by atoms with E-state index in [1.54, 1.807) is 6.07 Å². The lowest BCUT2D eigenvalue weighted by Crippen LogP contribution is -2.44. The standard InChI is InChI=1S/C15H22N2O4/c1-5-15(2,3)17-13(18)9-21-12-7-6-10(8-11(12)16)14(19)20-4/h6-8H,5,9,16H2,1-4H3,(H,17,18). The third kappa shape index (κ3) is 4.98. The molecule has 0 fully saturated rings. The lowest BCUT2D eigenvalue weighted by atomic mass is 10.0. The molecule has 116 valence electrons.